The van der Waals surface area contributed by atoms with Crippen molar-refractivity contribution in [3.63, 3.8) is 0 Å². The number of amides is 1. The lowest BCUT2D eigenvalue weighted by molar-refractivity contribution is -0.117. The van der Waals surface area contributed by atoms with Gasteiger partial charge in [-0.3, -0.25) is 4.79 Å². The van der Waals surface area contributed by atoms with Crippen molar-refractivity contribution in [2.24, 2.45) is 0 Å². The minimum absolute atomic E-state index is 0.115. The number of benzene rings is 1. The Labute approximate surface area is 102 Å². The fourth-order valence-corrected chi connectivity index (χ4v) is 1.54. The van der Waals surface area contributed by atoms with Crippen LogP contribution in [0.4, 0.5) is 4.39 Å². The second kappa shape index (κ2) is 6.84. The molecule has 2 nitrogen and oxygen atoms in total. The van der Waals surface area contributed by atoms with E-state index in [0.29, 0.717) is 0 Å². The minimum Gasteiger partial charge on any atom is -0.350 e. The molecule has 0 aliphatic heterocycles. The van der Waals surface area contributed by atoms with Crippen molar-refractivity contribution >= 4 is 12.0 Å². The van der Waals surface area contributed by atoms with Crippen LogP contribution < -0.4 is 5.32 Å². The quantitative estimate of drug-likeness (QED) is 0.780. The maximum absolute atomic E-state index is 12.6. The van der Waals surface area contributed by atoms with Crippen LogP contribution in [-0.2, 0) is 4.79 Å². The predicted molar refractivity (Wildman–Crippen MR) is 67.9 cm³/mol. The Kier molecular flexibility index (Phi) is 5.40. The molecule has 0 aromatic heterocycles. The molecule has 1 amide bonds. The van der Waals surface area contributed by atoms with Crippen LogP contribution in [0.1, 0.15) is 32.3 Å². The molecule has 1 aromatic rings. The smallest absolute Gasteiger partial charge is 0.244 e. The Morgan fingerprint density at radius 3 is 2.65 bits per heavy atom. The maximum Gasteiger partial charge on any atom is 0.244 e. The number of halogens is 1. The lowest BCUT2D eigenvalue weighted by Gasteiger charge is -2.10. The molecule has 0 bridgehead atoms. The highest BCUT2D eigenvalue weighted by Gasteiger charge is 2.02. The number of rotatable bonds is 5. The summed E-state index contributed by atoms with van der Waals surface area (Å²) in [6.07, 6.45) is 5.16. The predicted octanol–water partition coefficient (Wildman–Crippen LogP) is 3.14. The standard InChI is InChI=1S/C14H18FNO/c1-3-4-11(2)16-14(17)10-7-12-5-8-13(15)9-6-12/h5-11H,3-4H2,1-2H3,(H,16,17)/b10-7+. The Bertz CT molecular complexity index is 384. The Balaban J connectivity index is 2.47. The van der Waals surface area contributed by atoms with Gasteiger partial charge in [-0.1, -0.05) is 25.5 Å². The second-order valence-corrected chi connectivity index (χ2v) is 4.08. The third-order valence-corrected chi connectivity index (χ3v) is 2.41. The van der Waals surface area contributed by atoms with Crippen LogP contribution in [0.25, 0.3) is 6.08 Å². The molecule has 0 aliphatic rings. The van der Waals surface area contributed by atoms with Crippen LogP contribution in [-0.4, -0.2) is 11.9 Å². The summed E-state index contributed by atoms with van der Waals surface area (Å²) in [5.41, 5.74) is 0.810. The maximum atomic E-state index is 12.6. The van der Waals surface area contributed by atoms with E-state index in [-0.39, 0.29) is 17.8 Å². The van der Waals surface area contributed by atoms with E-state index in [0.717, 1.165) is 18.4 Å². The number of nitrogens with one attached hydrogen (secondary N) is 1. The van der Waals surface area contributed by atoms with Gasteiger partial charge in [-0.25, -0.2) is 4.39 Å². The molecule has 1 rings (SSSR count). The van der Waals surface area contributed by atoms with Crippen molar-refractivity contribution in [2.45, 2.75) is 32.7 Å². The van der Waals surface area contributed by atoms with E-state index in [4.69, 9.17) is 0 Å². The summed E-state index contributed by atoms with van der Waals surface area (Å²) >= 11 is 0. The molecular formula is C14H18FNO. The van der Waals surface area contributed by atoms with Gasteiger partial charge in [-0.05, 0) is 37.1 Å². The molecule has 0 saturated carbocycles. The van der Waals surface area contributed by atoms with Crippen molar-refractivity contribution in [3.8, 4) is 0 Å². The minimum atomic E-state index is -0.275. The van der Waals surface area contributed by atoms with Crippen LogP contribution in [0.5, 0.6) is 0 Å². The molecule has 0 spiro atoms. The summed E-state index contributed by atoms with van der Waals surface area (Å²) in [6, 6.07) is 6.20. The van der Waals surface area contributed by atoms with Crippen molar-refractivity contribution in [1.82, 2.24) is 5.32 Å². The number of hydrogen-bond donors (Lipinski definition) is 1. The van der Waals surface area contributed by atoms with E-state index in [1.807, 2.05) is 6.92 Å². The van der Waals surface area contributed by atoms with Crippen molar-refractivity contribution in [3.05, 3.63) is 41.7 Å². The number of carbonyl (C=O) groups is 1. The van der Waals surface area contributed by atoms with Gasteiger partial charge in [0.15, 0.2) is 0 Å². The average Bonchev–Trinajstić information content (AvgIpc) is 2.28. The van der Waals surface area contributed by atoms with Gasteiger partial charge in [-0.15, -0.1) is 0 Å². The van der Waals surface area contributed by atoms with Gasteiger partial charge < -0.3 is 5.32 Å². The molecular weight excluding hydrogens is 217 g/mol. The molecule has 0 fully saturated rings. The lowest BCUT2D eigenvalue weighted by Crippen LogP contribution is -2.30. The SMILES string of the molecule is CCCC(C)NC(=O)/C=C/c1ccc(F)cc1. The molecule has 92 valence electrons. The highest BCUT2D eigenvalue weighted by atomic mass is 19.1. The molecule has 0 saturated heterocycles. The van der Waals surface area contributed by atoms with Gasteiger partial charge in [0.1, 0.15) is 5.82 Å². The molecule has 1 atom stereocenters. The van der Waals surface area contributed by atoms with E-state index < -0.39 is 0 Å². The van der Waals surface area contributed by atoms with Crippen molar-refractivity contribution < 1.29 is 9.18 Å². The summed E-state index contributed by atoms with van der Waals surface area (Å²) in [7, 11) is 0. The first-order chi connectivity index (χ1) is 8.11. The van der Waals surface area contributed by atoms with Gasteiger partial charge in [0.2, 0.25) is 5.91 Å². The first-order valence-electron chi connectivity index (χ1n) is 5.86. The largest absolute Gasteiger partial charge is 0.350 e. The Morgan fingerprint density at radius 1 is 1.41 bits per heavy atom. The van der Waals surface area contributed by atoms with Gasteiger partial charge >= 0.3 is 0 Å². The molecule has 17 heavy (non-hydrogen) atoms. The first-order valence-corrected chi connectivity index (χ1v) is 5.86. The molecule has 1 aromatic carbocycles. The normalized spacial score (nSPS) is 12.6. The summed E-state index contributed by atoms with van der Waals surface area (Å²) in [4.78, 5) is 11.5. The van der Waals surface area contributed by atoms with Gasteiger partial charge in [0.05, 0.1) is 0 Å². The number of hydrogen-bond acceptors (Lipinski definition) is 1. The summed E-state index contributed by atoms with van der Waals surface area (Å²) in [6.45, 7) is 4.06. The van der Waals surface area contributed by atoms with E-state index in [1.54, 1.807) is 18.2 Å². The topological polar surface area (TPSA) is 29.1 Å². The van der Waals surface area contributed by atoms with Crippen LogP contribution in [0.3, 0.4) is 0 Å². The monoisotopic (exact) mass is 235 g/mol. The first kappa shape index (κ1) is 13.4. The van der Waals surface area contributed by atoms with Crippen LogP contribution >= 0.6 is 0 Å². The van der Waals surface area contributed by atoms with E-state index >= 15 is 0 Å². The zero-order valence-corrected chi connectivity index (χ0v) is 10.2. The highest BCUT2D eigenvalue weighted by Crippen LogP contribution is 2.04. The number of carbonyl (C=O) groups excluding carboxylic acids is 1. The van der Waals surface area contributed by atoms with Gasteiger partial charge in [0, 0.05) is 12.1 Å². The lowest BCUT2D eigenvalue weighted by atomic mass is 10.2. The molecule has 3 heteroatoms. The third-order valence-electron chi connectivity index (χ3n) is 2.41. The van der Waals surface area contributed by atoms with Crippen molar-refractivity contribution in [1.29, 1.82) is 0 Å². The fraction of sp³-hybridized carbons (Fsp3) is 0.357. The molecule has 1 N–H and O–H groups in total. The summed E-state index contributed by atoms with van der Waals surface area (Å²) < 4.78 is 12.6. The molecule has 0 heterocycles. The second-order valence-electron chi connectivity index (χ2n) is 4.08. The van der Waals surface area contributed by atoms with Crippen LogP contribution in [0.2, 0.25) is 0 Å². The van der Waals surface area contributed by atoms with Crippen LogP contribution in [0.15, 0.2) is 30.3 Å². The summed E-state index contributed by atoms with van der Waals surface area (Å²) in [5, 5.41) is 2.86. The van der Waals surface area contributed by atoms with Crippen molar-refractivity contribution in [2.75, 3.05) is 0 Å². The van der Waals surface area contributed by atoms with Gasteiger partial charge in [-0.2, -0.15) is 0 Å². The molecule has 0 radical (unpaired) electrons. The van der Waals surface area contributed by atoms with E-state index in [2.05, 4.69) is 12.2 Å². The van der Waals surface area contributed by atoms with E-state index in [1.165, 1.54) is 18.2 Å². The molecule has 1 unspecified atom stereocenters. The average molecular weight is 235 g/mol. The summed E-state index contributed by atoms with van der Waals surface area (Å²) in [5.74, 6) is -0.390. The zero-order chi connectivity index (χ0) is 12.7. The molecule has 0 aliphatic carbocycles. The van der Waals surface area contributed by atoms with E-state index in [9.17, 15) is 9.18 Å². The van der Waals surface area contributed by atoms with Gasteiger partial charge in [0.25, 0.3) is 0 Å². The zero-order valence-electron chi connectivity index (χ0n) is 10.2. The Hall–Kier alpha value is -1.64. The van der Waals surface area contributed by atoms with Crippen LogP contribution in [0, 0.1) is 5.82 Å². The fourth-order valence-electron chi connectivity index (χ4n) is 1.54. The Morgan fingerprint density at radius 2 is 2.06 bits per heavy atom. The highest BCUT2D eigenvalue weighted by molar-refractivity contribution is 5.91. The third kappa shape index (κ3) is 5.29.